The lowest BCUT2D eigenvalue weighted by molar-refractivity contribution is -0.122. The largest absolute Gasteiger partial charge is 0.382 e. The fourth-order valence-corrected chi connectivity index (χ4v) is 1.82. The summed E-state index contributed by atoms with van der Waals surface area (Å²) < 4.78 is 10.2. The van der Waals surface area contributed by atoms with Gasteiger partial charge in [-0.3, -0.25) is 4.79 Å². The van der Waals surface area contributed by atoms with E-state index in [-0.39, 0.29) is 11.9 Å². The Bertz CT molecular complexity index is 206. The molecule has 0 spiro atoms. The molecule has 0 unspecified atom stereocenters. The van der Waals surface area contributed by atoms with Crippen molar-refractivity contribution >= 4 is 5.91 Å². The molecule has 5 heteroatoms. The van der Waals surface area contributed by atoms with Gasteiger partial charge in [0, 0.05) is 20.3 Å². The summed E-state index contributed by atoms with van der Waals surface area (Å²) in [7, 11) is 1.66. The van der Waals surface area contributed by atoms with Gasteiger partial charge in [-0.15, -0.1) is 0 Å². The van der Waals surface area contributed by atoms with Crippen LogP contribution in [0, 0.1) is 0 Å². The van der Waals surface area contributed by atoms with Crippen molar-refractivity contribution in [2.45, 2.75) is 31.7 Å². The number of methoxy groups -OCH3 is 1. The lowest BCUT2D eigenvalue weighted by atomic mass is 10.2. The van der Waals surface area contributed by atoms with Gasteiger partial charge in [0.05, 0.1) is 19.3 Å². The van der Waals surface area contributed by atoms with Gasteiger partial charge in [0.2, 0.25) is 5.91 Å². The molecule has 1 saturated heterocycles. The summed E-state index contributed by atoms with van der Waals surface area (Å²) in [6.07, 6.45) is 4.00. The van der Waals surface area contributed by atoms with Gasteiger partial charge in [-0.05, 0) is 32.2 Å². The van der Waals surface area contributed by atoms with Crippen molar-refractivity contribution in [2.75, 3.05) is 40.0 Å². The molecule has 0 aromatic heterocycles. The second kappa shape index (κ2) is 9.39. The van der Waals surface area contributed by atoms with E-state index in [0.717, 1.165) is 45.4 Å². The number of ether oxygens (including phenoxy) is 2. The highest BCUT2D eigenvalue weighted by Crippen LogP contribution is 2.04. The van der Waals surface area contributed by atoms with Crippen molar-refractivity contribution in [1.29, 1.82) is 0 Å². The first-order valence-electron chi connectivity index (χ1n) is 6.42. The number of amides is 1. The monoisotopic (exact) mass is 244 g/mol. The van der Waals surface area contributed by atoms with Crippen molar-refractivity contribution in [1.82, 2.24) is 10.6 Å². The summed E-state index contributed by atoms with van der Waals surface area (Å²) in [5.41, 5.74) is 0. The molecule has 1 aliphatic heterocycles. The average molecular weight is 244 g/mol. The van der Waals surface area contributed by atoms with Crippen LogP contribution in [0.3, 0.4) is 0 Å². The van der Waals surface area contributed by atoms with Gasteiger partial charge in [0.1, 0.15) is 0 Å². The van der Waals surface area contributed by atoms with Crippen LogP contribution < -0.4 is 10.6 Å². The molecule has 1 aliphatic rings. The van der Waals surface area contributed by atoms with Gasteiger partial charge in [0.15, 0.2) is 0 Å². The molecule has 0 saturated carbocycles. The standard InChI is InChI=1S/C12H24N2O3/c1-16-9-10-17-8-3-2-6-14-12(15)11-5-4-7-13-11/h11,13H,2-10H2,1H3,(H,14,15)/t11-/m1/s1. The minimum absolute atomic E-state index is 0.0351. The van der Waals surface area contributed by atoms with Crippen LogP contribution in [0.1, 0.15) is 25.7 Å². The van der Waals surface area contributed by atoms with E-state index in [9.17, 15) is 4.79 Å². The van der Waals surface area contributed by atoms with Crippen LogP contribution >= 0.6 is 0 Å². The normalized spacial score (nSPS) is 19.5. The molecule has 0 bridgehead atoms. The first kappa shape index (κ1) is 14.4. The fraction of sp³-hybridized carbons (Fsp3) is 0.917. The predicted molar refractivity (Wildman–Crippen MR) is 66.0 cm³/mol. The van der Waals surface area contributed by atoms with E-state index in [1.165, 1.54) is 0 Å². The number of hydrogen-bond donors (Lipinski definition) is 2. The van der Waals surface area contributed by atoms with Gasteiger partial charge in [0.25, 0.3) is 0 Å². The molecule has 100 valence electrons. The highest BCUT2D eigenvalue weighted by molar-refractivity contribution is 5.81. The molecule has 2 N–H and O–H groups in total. The summed E-state index contributed by atoms with van der Waals surface area (Å²) >= 11 is 0. The summed E-state index contributed by atoms with van der Waals surface area (Å²) in [6.45, 7) is 3.73. The van der Waals surface area contributed by atoms with Crippen LogP contribution in [0.25, 0.3) is 0 Å². The molecule has 1 atom stereocenters. The van der Waals surface area contributed by atoms with Crippen LogP contribution in [-0.4, -0.2) is 52.0 Å². The van der Waals surface area contributed by atoms with E-state index < -0.39 is 0 Å². The Morgan fingerprint density at radius 1 is 1.35 bits per heavy atom. The van der Waals surface area contributed by atoms with Gasteiger partial charge in [-0.25, -0.2) is 0 Å². The van der Waals surface area contributed by atoms with Crippen molar-refractivity contribution < 1.29 is 14.3 Å². The zero-order chi connectivity index (χ0) is 12.3. The van der Waals surface area contributed by atoms with Crippen LogP contribution in [0.2, 0.25) is 0 Å². The minimum Gasteiger partial charge on any atom is -0.382 e. The quantitative estimate of drug-likeness (QED) is 0.573. The van der Waals surface area contributed by atoms with E-state index in [0.29, 0.717) is 13.2 Å². The Balaban J connectivity index is 1.85. The summed E-state index contributed by atoms with van der Waals surface area (Å²) in [5, 5.41) is 6.13. The highest BCUT2D eigenvalue weighted by atomic mass is 16.5. The Morgan fingerprint density at radius 3 is 2.94 bits per heavy atom. The van der Waals surface area contributed by atoms with E-state index in [4.69, 9.17) is 9.47 Å². The van der Waals surface area contributed by atoms with Crippen LogP contribution in [0.5, 0.6) is 0 Å². The fourth-order valence-electron chi connectivity index (χ4n) is 1.82. The molecule has 1 rings (SSSR count). The second-order valence-electron chi connectivity index (χ2n) is 4.25. The molecule has 17 heavy (non-hydrogen) atoms. The molecule has 0 aliphatic carbocycles. The molecule has 0 radical (unpaired) electrons. The molecule has 0 aromatic carbocycles. The number of unbranched alkanes of at least 4 members (excludes halogenated alkanes) is 1. The lowest BCUT2D eigenvalue weighted by Gasteiger charge is -2.10. The van der Waals surface area contributed by atoms with Crippen molar-refractivity contribution in [3.05, 3.63) is 0 Å². The van der Waals surface area contributed by atoms with E-state index >= 15 is 0 Å². The first-order valence-corrected chi connectivity index (χ1v) is 6.42. The number of carbonyl (C=O) groups is 1. The number of nitrogens with one attached hydrogen (secondary N) is 2. The van der Waals surface area contributed by atoms with Gasteiger partial charge in [-0.1, -0.05) is 0 Å². The number of carbonyl (C=O) groups excluding carboxylic acids is 1. The molecule has 0 aromatic rings. The molecule has 1 fully saturated rings. The van der Waals surface area contributed by atoms with Crippen molar-refractivity contribution in [3.8, 4) is 0 Å². The smallest absolute Gasteiger partial charge is 0.237 e. The third-order valence-electron chi connectivity index (χ3n) is 2.82. The van der Waals surface area contributed by atoms with Gasteiger partial charge < -0.3 is 20.1 Å². The summed E-state index contributed by atoms with van der Waals surface area (Å²) in [6, 6.07) is 0.0351. The maximum absolute atomic E-state index is 11.6. The lowest BCUT2D eigenvalue weighted by Crippen LogP contribution is -2.40. The van der Waals surface area contributed by atoms with Gasteiger partial charge >= 0.3 is 0 Å². The Hall–Kier alpha value is -0.650. The predicted octanol–water partition coefficient (Wildman–Crippen LogP) is 0.298. The summed E-state index contributed by atoms with van der Waals surface area (Å²) in [5.74, 6) is 0.141. The third-order valence-corrected chi connectivity index (χ3v) is 2.82. The van der Waals surface area contributed by atoms with Crippen molar-refractivity contribution in [3.63, 3.8) is 0 Å². The van der Waals surface area contributed by atoms with E-state index in [2.05, 4.69) is 10.6 Å². The van der Waals surface area contributed by atoms with Crippen LogP contribution in [0.15, 0.2) is 0 Å². The number of rotatable bonds is 9. The zero-order valence-electron chi connectivity index (χ0n) is 10.7. The van der Waals surface area contributed by atoms with Gasteiger partial charge in [-0.2, -0.15) is 0 Å². The molecule has 5 nitrogen and oxygen atoms in total. The third kappa shape index (κ3) is 6.61. The maximum atomic E-state index is 11.6. The van der Waals surface area contributed by atoms with Crippen LogP contribution in [-0.2, 0) is 14.3 Å². The SMILES string of the molecule is COCCOCCCCNC(=O)[C@H]1CCCN1. The Labute approximate surface area is 103 Å². The second-order valence-corrected chi connectivity index (χ2v) is 4.25. The molecule has 1 heterocycles. The minimum atomic E-state index is 0.0351. The van der Waals surface area contributed by atoms with E-state index in [1.807, 2.05) is 0 Å². The molecular weight excluding hydrogens is 220 g/mol. The highest BCUT2D eigenvalue weighted by Gasteiger charge is 2.20. The average Bonchev–Trinajstić information content (AvgIpc) is 2.86. The Morgan fingerprint density at radius 2 is 2.24 bits per heavy atom. The number of hydrogen-bond acceptors (Lipinski definition) is 4. The first-order chi connectivity index (χ1) is 8.34. The topological polar surface area (TPSA) is 59.6 Å². The molecule has 1 amide bonds. The Kier molecular flexibility index (Phi) is 7.96. The summed E-state index contributed by atoms with van der Waals surface area (Å²) in [4.78, 5) is 11.6. The van der Waals surface area contributed by atoms with Crippen molar-refractivity contribution in [2.24, 2.45) is 0 Å². The maximum Gasteiger partial charge on any atom is 0.237 e. The van der Waals surface area contributed by atoms with E-state index in [1.54, 1.807) is 7.11 Å². The van der Waals surface area contributed by atoms with Crippen LogP contribution in [0.4, 0.5) is 0 Å². The zero-order valence-corrected chi connectivity index (χ0v) is 10.7. The molecular formula is C12H24N2O3.